The van der Waals surface area contributed by atoms with E-state index in [9.17, 15) is 0 Å². The second-order valence-electron chi connectivity index (χ2n) is 4.42. The molecule has 0 saturated heterocycles. The van der Waals surface area contributed by atoms with Crippen molar-refractivity contribution in [2.45, 2.75) is 18.4 Å². The smallest absolute Gasteiger partial charge is 0.107 e. The van der Waals surface area contributed by atoms with Crippen molar-refractivity contribution in [1.82, 2.24) is 0 Å². The number of thioether (sulfide) groups is 1. The van der Waals surface area contributed by atoms with Crippen molar-refractivity contribution in [3.63, 3.8) is 0 Å². The van der Waals surface area contributed by atoms with Crippen LogP contribution in [0.25, 0.3) is 0 Å². The molecule has 0 fully saturated rings. The maximum Gasteiger partial charge on any atom is 0.107 e. The number of hydrogen-bond donors (Lipinski definition) is 2. The largest absolute Gasteiger partial charge is 0.389 e. The molecule has 2 rings (SSSR count). The van der Waals surface area contributed by atoms with E-state index in [1.165, 1.54) is 5.56 Å². The van der Waals surface area contributed by atoms with Crippen molar-refractivity contribution in [1.29, 1.82) is 0 Å². The quantitative estimate of drug-likeness (QED) is 0.557. The molecule has 0 heterocycles. The summed E-state index contributed by atoms with van der Waals surface area (Å²) in [7, 11) is 0. The summed E-state index contributed by atoms with van der Waals surface area (Å²) in [5.74, 6) is 0.989. The molecule has 0 saturated carbocycles. The van der Waals surface area contributed by atoms with E-state index in [2.05, 4.69) is 40.3 Å². The summed E-state index contributed by atoms with van der Waals surface area (Å²) in [5.41, 5.74) is 9.03. The van der Waals surface area contributed by atoms with Gasteiger partial charge in [0.25, 0.3) is 0 Å². The molecule has 2 aromatic carbocycles. The van der Waals surface area contributed by atoms with Gasteiger partial charge in [0.15, 0.2) is 0 Å². The topological polar surface area (TPSA) is 38.0 Å². The van der Waals surface area contributed by atoms with Gasteiger partial charge in [-0.3, -0.25) is 0 Å². The van der Waals surface area contributed by atoms with Crippen molar-refractivity contribution in [2.24, 2.45) is 5.73 Å². The van der Waals surface area contributed by atoms with Gasteiger partial charge in [-0.05, 0) is 29.5 Å². The molecule has 0 bridgehead atoms. The summed E-state index contributed by atoms with van der Waals surface area (Å²) in [5, 5.41) is 3.44. The Morgan fingerprint density at radius 3 is 2.67 bits per heavy atom. The number of nitrogens with one attached hydrogen (secondary N) is 1. The Morgan fingerprint density at radius 2 is 2.00 bits per heavy atom. The fourth-order valence-corrected chi connectivity index (χ4v) is 3.60. The fourth-order valence-electron chi connectivity index (χ4n) is 2.04. The highest BCUT2D eigenvalue weighted by Crippen LogP contribution is 2.29. The molecular formula is C16H17BrN2S2. The van der Waals surface area contributed by atoms with E-state index in [4.69, 9.17) is 18.0 Å². The Balaban J connectivity index is 2.25. The van der Waals surface area contributed by atoms with Gasteiger partial charge < -0.3 is 11.1 Å². The zero-order valence-corrected chi connectivity index (χ0v) is 14.9. The molecule has 0 radical (unpaired) electrons. The Hall–Kier alpha value is -1.04. The summed E-state index contributed by atoms with van der Waals surface area (Å²) in [6, 6.07) is 14.3. The standard InChI is InChI=1S/C16H17BrN2S2/c1-2-21-14-9-5-8-13(15(14)16(18)20)19-10-11-6-3-4-7-12(11)17/h3-9,19H,2,10H2,1H3,(H2,18,20). The molecule has 0 amide bonds. The maximum absolute atomic E-state index is 5.91. The monoisotopic (exact) mass is 380 g/mol. The van der Waals surface area contributed by atoms with Crippen molar-refractivity contribution in [3.05, 3.63) is 58.1 Å². The van der Waals surface area contributed by atoms with Crippen LogP contribution in [-0.2, 0) is 6.54 Å². The van der Waals surface area contributed by atoms with Crippen LogP contribution in [0.1, 0.15) is 18.1 Å². The lowest BCUT2D eigenvalue weighted by atomic mass is 10.1. The van der Waals surface area contributed by atoms with E-state index in [-0.39, 0.29) is 0 Å². The van der Waals surface area contributed by atoms with Gasteiger partial charge in [-0.25, -0.2) is 0 Å². The molecule has 0 spiro atoms. The molecule has 2 nitrogen and oxygen atoms in total. The Morgan fingerprint density at radius 1 is 1.24 bits per heavy atom. The Labute approximate surface area is 143 Å². The highest BCUT2D eigenvalue weighted by atomic mass is 79.9. The minimum atomic E-state index is 0.432. The van der Waals surface area contributed by atoms with Crippen LogP contribution in [0.5, 0.6) is 0 Å². The van der Waals surface area contributed by atoms with Gasteiger partial charge in [0.1, 0.15) is 4.99 Å². The van der Waals surface area contributed by atoms with Gasteiger partial charge >= 0.3 is 0 Å². The third-order valence-electron chi connectivity index (χ3n) is 3.00. The molecule has 2 aromatic rings. The van der Waals surface area contributed by atoms with Crippen LogP contribution in [0.2, 0.25) is 0 Å². The van der Waals surface area contributed by atoms with Crippen LogP contribution >= 0.6 is 39.9 Å². The third-order valence-corrected chi connectivity index (χ3v) is 4.92. The van der Waals surface area contributed by atoms with Crippen LogP contribution in [0, 0.1) is 0 Å². The Bertz CT molecular complexity index is 644. The van der Waals surface area contributed by atoms with Gasteiger partial charge in [0, 0.05) is 27.2 Å². The van der Waals surface area contributed by atoms with Gasteiger partial charge in [0.2, 0.25) is 0 Å². The number of hydrogen-bond acceptors (Lipinski definition) is 3. The van der Waals surface area contributed by atoms with Gasteiger partial charge in [-0.2, -0.15) is 0 Å². The number of anilines is 1. The molecule has 110 valence electrons. The number of rotatable bonds is 6. The third kappa shape index (κ3) is 4.22. The van der Waals surface area contributed by atoms with Crippen molar-refractivity contribution < 1.29 is 0 Å². The maximum atomic E-state index is 5.91. The fraction of sp³-hybridized carbons (Fsp3) is 0.188. The second-order valence-corrected chi connectivity index (χ2v) is 7.02. The first-order valence-electron chi connectivity index (χ1n) is 6.66. The zero-order valence-electron chi connectivity index (χ0n) is 11.7. The summed E-state index contributed by atoms with van der Waals surface area (Å²) >= 11 is 10.5. The first-order chi connectivity index (χ1) is 10.1. The van der Waals surface area contributed by atoms with Crippen LogP contribution < -0.4 is 11.1 Å². The highest BCUT2D eigenvalue weighted by Gasteiger charge is 2.11. The molecule has 0 aromatic heterocycles. The first-order valence-corrected chi connectivity index (χ1v) is 8.85. The minimum Gasteiger partial charge on any atom is -0.389 e. The predicted octanol–water partition coefficient (Wildman–Crippen LogP) is 4.81. The van der Waals surface area contributed by atoms with Gasteiger partial charge in [0.05, 0.1) is 0 Å². The highest BCUT2D eigenvalue weighted by molar-refractivity contribution is 9.10. The van der Waals surface area contributed by atoms with Crippen molar-refractivity contribution >= 4 is 50.6 Å². The first kappa shape index (κ1) is 16.3. The predicted molar refractivity (Wildman–Crippen MR) is 100 cm³/mol. The molecule has 3 N–H and O–H groups in total. The van der Waals surface area contributed by atoms with E-state index in [1.807, 2.05) is 30.3 Å². The van der Waals surface area contributed by atoms with Gasteiger partial charge in [-0.15, -0.1) is 11.8 Å². The number of benzene rings is 2. The number of thiocarbonyl (C=S) groups is 1. The number of nitrogens with two attached hydrogens (primary N) is 1. The summed E-state index contributed by atoms with van der Waals surface area (Å²) < 4.78 is 1.09. The van der Waals surface area contributed by atoms with Crippen LogP contribution in [0.4, 0.5) is 5.69 Å². The molecule has 5 heteroatoms. The SMILES string of the molecule is CCSc1cccc(NCc2ccccc2Br)c1C(N)=S. The lowest BCUT2D eigenvalue weighted by Crippen LogP contribution is -2.14. The van der Waals surface area contributed by atoms with Crippen LogP contribution in [0.3, 0.4) is 0 Å². The summed E-state index contributed by atoms with van der Waals surface area (Å²) in [6.45, 7) is 2.84. The van der Waals surface area contributed by atoms with E-state index in [0.717, 1.165) is 32.9 Å². The van der Waals surface area contributed by atoms with E-state index < -0.39 is 0 Å². The molecule has 0 unspecified atom stereocenters. The van der Waals surface area contributed by atoms with E-state index >= 15 is 0 Å². The van der Waals surface area contributed by atoms with Crippen LogP contribution in [-0.4, -0.2) is 10.7 Å². The molecule has 0 aliphatic rings. The Kier molecular flexibility index (Phi) is 6.08. The normalized spacial score (nSPS) is 10.4. The number of halogens is 1. The van der Waals surface area contributed by atoms with Crippen LogP contribution in [0.15, 0.2) is 51.8 Å². The van der Waals surface area contributed by atoms with E-state index in [0.29, 0.717) is 4.99 Å². The minimum absolute atomic E-state index is 0.432. The summed E-state index contributed by atoms with van der Waals surface area (Å²) in [6.07, 6.45) is 0. The average molecular weight is 381 g/mol. The van der Waals surface area contributed by atoms with Crippen molar-refractivity contribution in [3.8, 4) is 0 Å². The summed E-state index contributed by atoms with van der Waals surface area (Å²) in [4.78, 5) is 1.56. The molecule has 0 aliphatic heterocycles. The zero-order chi connectivity index (χ0) is 15.2. The van der Waals surface area contributed by atoms with Gasteiger partial charge in [-0.1, -0.05) is 59.3 Å². The second kappa shape index (κ2) is 7.82. The van der Waals surface area contributed by atoms with Crippen molar-refractivity contribution in [2.75, 3.05) is 11.1 Å². The lowest BCUT2D eigenvalue weighted by molar-refractivity contribution is 1.13. The molecule has 0 aliphatic carbocycles. The molecule has 21 heavy (non-hydrogen) atoms. The lowest BCUT2D eigenvalue weighted by Gasteiger charge is -2.15. The van der Waals surface area contributed by atoms with E-state index in [1.54, 1.807) is 11.8 Å². The average Bonchev–Trinajstić information content (AvgIpc) is 2.46. The molecular weight excluding hydrogens is 364 g/mol. The molecule has 0 atom stereocenters.